The Bertz CT molecular complexity index is 612. The Morgan fingerprint density at radius 2 is 2.07 bits per heavy atom. The van der Waals surface area contributed by atoms with Gasteiger partial charge in [-0.15, -0.1) is 0 Å². The van der Waals surface area contributed by atoms with E-state index < -0.39 is 5.69 Å². The summed E-state index contributed by atoms with van der Waals surface area (Å²) in [6.07, 6.45) is 0. The zero-order chi connectivity index (χ0) is 10.3. The van der Waals surface area contributed by atoms with E-state index in [4.69, 9.17) is 11.6 Å². The van der Waals surface area contributed by atoms with Gasteiger partial charge in [0.1, 0.15) is 0 Å². The Morgan fingerprint density at radius 1 is 1.36 bits per heavy atom. The maximum atomic E-state index is 11.6. The third-order valence-corrected chi connectivity index (χ3v) is 2.39. The predicted octanol–water partition coefficient (Wildman–Crippen LogP) is 0.880. The average Bonchev–Trinajstić information content (AvgIpc) is 2.14. The van der Waals surface area contributed by atoms with Crippen molar-refractivity contribution in [1.82, 2.24) is 9.55 Å². The fourth-order valence-corrected chi connectivity index (χ4v) is 1.56. The highest BCUT2D eigenvalue weighted by Gasteiger charge is 2.06. The van der Waals surface area contributed by atoms with Crippen LogP contribution in [-0.4, -0.2) is 9.55 Å². The first-order valence-corrected chi connectivity index (χ1v) is 4.36. The van der Waals surface area contributed by atoms with Crippen LogP contribution in [-0.2, 0) is 7.05 Å². The van der Waals surface area contributed by atoms with Crippen LogP contribution in [0.2, 0.25) is 5.02 Å². The van der Waals surface area contributed by atoms with Crippen LogP contribution in [0.25, 0.3) is 10.9 Å². The van der Waals surface area contributed by atoms with Gasteiger partial charge in [0, 0.05) is 7.05 Å². The number of aromatic nitrogens is 2. The lowest BCUT2D eigenvalue weighted by Gasteiger charge is -2.01. The zero-order valence-electron chi connectivity index (χ0n) is 7.37. The predicted molar refractivity (Wildman–Crippen MR) is 54.8 cm³/mol. The molecule has 1 aromatic heterocycles. The molecule has 0 aliphatic heterocycles. The van der Waals surface area contributed by atoms with Crippen LogP contribution in [0.3, 0.4) is 0 Å². The Hall–Kier alpha value is -1.55. The number of H-pyrrole nitrogens is 1. The van der Waals surface area contributed by atoms with E-state index >= 15 is 0 Å². The number of benzene rings is 1. The van der Waals surface area contributed by atoms with Crippen molar-refractivity contribution in [3.05, 3.63) is 44.1 Å². The largest absolute Gasteiger partial charge is 0.328 e. The Labute approximate surface area is 83.8 Å². The van der Waals surface area contributed by atoms with E-state index in [1.807, 2.05) is 0 Å². The van der Waals surface area contributed by atoms with Gasteiger partial charge in [0.05, 0.1) is 15.9 Å². The lowest BCUT2D eigenvalue weighted by molar-refractivity contribution is 0.794. The molecule has 0 atom stereocenters. The molecule has 2 aromatic rings. The first kappa shape index (κ1) is 9.02. The second kappa shape index (κ2) is 2.99. The van der Waals surface area contributed by atoms with Crippen molar-refractivity contribution in [3.8, 4) is 0 Å². The number of nitrogens with zero attached hydrogens (tertiary/aromatic N) is 1. The summed E-state index contributed by atoms with van der Waals surface area (Å²) in [5.74, 6) is 0. The molecule has 14 heavy (non-hydrogen) atoms. The molecule has 0 amide bonds. The van der Waals surface area contributed by atoms with Gasteiger partial charge in [0.2, 0.25) is 0 Å². The molecule has 2 rings (SSSR count). The summed E-state index contributed by atoms with van der Waals surface area (Å²) in [7, 11) is 1.41. The summed E-state index contributed by atoms with van der Waals surface area (Å²) in [4.78, 5) is 25.4. The minimum Gasteiger partial charge on any atom is -0.307 e. The van der Waals surface area contributed by atoms with Gasteiger partial charge in [-0.2, -0.15) is 0 Å². The summed E-state index contributed by atoms with van der Waals surface area (Å²) in [6.45, 7) is 0. The monoisotopic (exact) mass is 210 g/mol. The number of halogens is 1. The molecular formula is C9H7ClN2O2. The summed E-state index contributed by atoms with van der Waals surface area (Å²) in [5.41, 5.74) is -0.357. The number of fused-ring (bicyclic) bond motifs is 1. The molecule has 0 fully saturated rings. The van der Waals surface area contributed by atoms with Crippen molar-refractivity contribution in [2.24, 2.45) is 7.05 Å². The summed E-state index contributed by atoms with van der Waals surface area (Å²) < 4.78 is 0.994. The van der Waals surface area contributed by atoms with Crippen LogP contribution in [0.15, 0.2) is 27.8 Å². The molecule has 1 aromatic carbocycles. The zero-order valence-corrected chi connectivity index (χ0v) is 8.13. The third-order valence-electron chi connectivity index (χ3n) is 2.08. The maximum Gasteiger partial charge on any atom is 0.328 e. The van der Waals surface area contributed by atoms with E-state index in [0.29, 0.717) is 15.9 Å². The molecule has 72 valence electrons. The van der Waals surface area contributed by atoms with Crippen molar-refractivity contribution in [2.75, 3.05) is 0 Å². The van der Waals surface area contributed by atoms with Gasteiger partial charge in [-0.1, -0.05) is 17.7 Å². The maximum absolute atomic E-state index is 11.6. The summed E-state index contributed by atoms with van der Waals surface area (Å²) in [6, 6.07) is 4.94. The normalized spacial score (nSPS) is 10.7. The quantitative estimate of drug-likeness (QED) is 0.702. The van der Waals surface area contributed by atoms with E-state index in [1.165, 1.54) is 7.05 Å². The molecule has 1 N–H and O–H groups in total. The molecule has 4 nitrogen and oxygen atoms in total. The minimum atomic E-state index is -0.440. The van der Waals surface area contributed by atoms with Gasteiger partial charge in [0.15, 0.2) is 0 Å². The van der Waals surface area contributed by atoms with Gasteiger partial charge in [-0.25, -0.2) is 4.79 Å². The SMILES string of the molecule is Cn1c(=O)[nH]c2cccc(Cl)c2c1=O. The molecule has 0 radical (unpaired) electrons. The molecule has 0 aliphatic carbocycles. The van der Waals surface area contributed by atoms with Crippen LogP contribution in [0, 0.1) is 0 Å². The number of rotatable bonds is 0. The molecule has 0 bridgehead atoms. The van der Waals surface area contributed by atoms with E-state index in [9.17, 15) is 9.59 Å². The van der Waals surface area contributed by atoms with Gasteiger partial charge < -0.3 is 4.98 Å². The van der Waals surface area contributed by atoms with Crippen LogP contribution < -0.4 is 11.2 Å². The Kier molecular flexibility index (Phi) is 1.93. The van der Waals surface area contributed by atoms with Crippen LogP contribution in [0.1, 0.15) is 0 Å². The Balaban J connectivity index is 3.15. The average molecular weight is 211 g/mol. The molecule has 0 aliphatic rings. The minimum absolute atomic E-state index is 0.344. The first-order chi connectivity index (χ1) is 6.61. The van der Waals surface area contributed by atoms with E-state index in [2.05, 4.69) is 4.98 Å². The van der Waals surface area contributed by atoms with Crippen molar-refractivity contribution in [2.45, 2.75) is 0 Å². The second-order valence-electron chi connectivity index (χ2n) is 2.96. The van der Waals surface area contributed by atoms with Crippen LogP contribution in [0.4, 0.5) is 0 Å². The van der Waals surface area contributed by atoms with Gasteiger partial charge in [-0.3, -0.25) is 9.36 Å². The van der Waals surface area contributed by atoms with Gasteiger partial charge in [-0.05, 0) is 12.1 Å². The third kappa shape index (κ3) is 1.15. The molecule has 5 heteroatoms. The number of aromatic amines is 1. The van der Waals surface area contributed by atoms with Crippen molar-refractivity contribution in [3.63, 3.8) is 0 Å². The van der Waals surface area contributed by atoms with Crippen molar-refractivity contribution < 1.29 is 0 Å². The highest BCUT2D eigenvalue weighted by atomic mass is 35.5. The van der Waals surface area contributed by atoms with Crippen LogP contribution in [0.5, 0.6) is 0 Å². The first-order valence-electron chi connectivity index (χ1n) is 3.99. The van der Waals surface area contributed by atoms with Crippen LogP contribution >= 0.6 is 11.6 Å². The topological polar surface area (TPSA) is 54.9 Å². The molecule has 0 unspecified atom stereocenters. The van der Waals surface area contributed by atoms with Crippen molar-refractivity contribution in [1.29, 1.82) is 0 Å². The van der Waals surface area contributed by atoms with Gasteiger partial charge >= 0.3 is 5.69 Å². The molecule has 0 spiro atoms. The van der Waals surface area contributed by atoms with E-state index in [-0.39, 0.29) is 5.56 Å². The molecule has 1 heterocycles. The molecule has 0 saturated carbocycles. The summed E-state index contributed by atoms with van der Waals surface area (Å²) in [5, 5.41) is 0.690. The second-order valence-corrected chi connectivity index (χ2v) is 3.36. The highest BCUT2D eigenvalue weighted by molar-refractivity contribution is 6.35. The fourth-order valence-electron chi connectivity index (χ4n) is 1.30. The number of hydrogen-bond acceptors (Lipinski definition) is 2. The Morgan fingerprint density at radius 3 is 2.79 bits per heavy atom. The number of nitrogens with one attached hydrogen (secondary N) is 1. The summed E-state index contributed by atoms with van der Waals surface area (Å²) >= 11 is 5.85. The number of hydrogen-bond donors (Lipinski definition) is 1. The lowest BCUT2D eigenvalue weighted by Crippen LogP contribution is -2.32. The lowest BCUT2D eigenvalue weighted by atomic mass is 10.2. The van der Waals surface area contributed by atoms with Crippen molar-refractivity contribution >= 4 is 22.5 Å². The van der Waals surface area contributed by atoms with Gasteiger partial charge in [0.25, 0.3) is 5.56 Å². The van der Waals surface area contributed by atoms with E-state index in [0.717, 1.165) is 4.57 Å². The smallest absolute Gasteiger partial charge is 0.307 e. The fraction of sp³-hybridized carbons (Fsp3) is 0.111. The van der Waals surface area contributed by atoms with E-state index in [1.54, 1.807) is 18.2 Å². The highest BCUT2D eigenvalue weighted by Crippen LogP contribution is 2.16. The molecule has 0 saturated heterocycles. The molecular weight excluding hydrogens is 204 g/mol. The standard InChI is InChI=1S/C9H7ClN2O2/c1-12-8(13)7-5(10)3-2-4-6(7)11-9(12)14/h2-4H,1H3,(H,11,14).